The Labute approximate surface area is 76.9 Å². The third-order valence-electron chi connectivity index (χ3n) is 2.78. The second-order valence-electron chi connectivity index (χ2n) is 3.93. The van der Waals surface area contributed by atoms with Crippen LogP contribution < -0.4 is 5.43 Å². The molecule has 1 saturated carbocycles. The van der Waals surface area contributed by atoms with Crippen molar-refractivity contribution in [2.75, 3.05) is 0 Å². The summed E-state index contributed by atoms with van der Waals surface area (Å²) in [6.45, 7) is 2.17. The van der Waals surface area contributed by atoms with Gasteiger partial charge in [0.2, 0.25) is 5.43 Å². The highest BCUT2D eigenvalue weighted by molar-refractivity contribution is 5.32. The third kappa shape index (κ3) is 1.44. The van der Waals surface area contributed by atoms with E-state index in [2.05, 4.69) is 6.92 Å². The molecule has 2 nitrogen and oxygen atoms in total. The Bertz CT molecular complexity index is 392. The zero-order valence-corrected chi connectivity index (χ0v) is 7.58. The minimum absolute atomic E-state index is 0.171. The van der Waals surface area contributed by atoms with Gasteiger partial charge in [-0.2, -0.15) is 0 Å². The van der Waals surface area contributed by atoms with Crippen molar-refractivity contribution >= 4 is 0 Å². The van der Waals surface area contributed by atoms with Gasteiger partial charge in [-0.1, -0.05) is 19.1 Å². The van der Waals surface area contributed by atoms with Crippen LogP contribution in [0.2, 0.25) is 0 Å². The van der Waals surface area contributed by atoms with E-state index in [4.69, 9.17) is 0 Å². The van der Waals surface area contributed by atoms with Crippen LogP contribution in [0.5, 0.6) is 5.75 Å². The van der Waals surface area contributed by atoms with Crippen LogP contribution in [0.1, 0.15) is 25.3 Å². The smallest absolute Gasteiger partial charge is 0.220 e. The summed E-state index contributed by atoms with van der Waals surface area (Å²) >= 11 is 0. The number of rotatable bonds is 1. The van der Waals surface area contributed by atoms with Gasteiger partial charge in [0.25, 0.3) is 0 Å². The normalized spacial score (nSPS) is 18.2. The molecule has 2 rings (SSSR count). The van der Waals surface area contributed by atoms with Gasteiger partial charge in [-0.05, 0) is 36.0 Å². The Hall–Kier alpha value is -1.31. The molecule has 1 aliphatic carbocycles. The quantitative estimate of drug-likeness (QED) is 0.708. The maximum Gasteiger partial charge on any atom is 0.220 e. The summed E-state index contributed by atoms with van der Waals surface area (Å²) in [5.41, 5.74) is 1.08. The van der Waals surface area contributed by atoms with Gasteiger partial charge in [-0.25, -0.2) is 0 Å². The summed E-state index contributed by atoms with van der Waals surface area (Å²) in [6.07, 6.45) is 2.35. The SMILES string of the molecule is CC1(c2ccc(O)c(=O)cc2)CC1. The summed E-state index contributed by atoms with van der Waals surface area (Å²) in [5, 5.41) is 9.18. The van der Waals surface area contributed by atoms with Crippen molar-refractivity contribution in [3.63, 3.8) is 0 Å². The molecule has 0 bridgehead atoms. The Balaban J connectivity index is 2.53. The average Bonchev–Trinajstić information content (AvgIpc) is 2.83. The topological polar surface area (TPSA) is 37.3 Å². The van der Waals surface area contributed by atoms with Crippen LogP contribution in [0.4, 0.5) is 0 Å². The number of hydrogen-bond donors (Lipinski definition) is 1. The Kier molecular flexibility index (Phi) is 1.65. The van der Waals surface area contributed by atoms with Gasteiger partial charge < -0.3 is 5.11 Å². The fourth-order valence-corrected chi connectivity index (χ4v) is 1.44. The molecule has 0 atom stereocenters. The molecule has 2 heteroatoms. The summed E-state index contributed by atoms with van der Waals surface area (Å²) in [6, 6.07) is 6.58. The highest BCUT2D eigenvalue weighted by Gasteiger charge is 2.38. The summed E-state index contributed by atoms with van der Waals surface area (Å²) in [7, 11) is 0. The van der Waals surface area contributed by atoms with Crippen molar-refractivity contribution in [1.82, 2.24) is 0 Å². The maximum atomic E-state index is 11.1. The van der Waals surface area contributed by atoms with E-state index in [9.17, 15) is 9.90 Å². The zero-order chi connectivity index (χ0) is 9.47. The molecule has 0 spiro atoms. The van der Waals surface area contributed by atoms with E-state index < -0.39 is 0 Å². The average molecular weight is 176 g/mol. The molecule has 1 aromatic carbocycles. The number of hydrogen-bond acceptors (Lipinski definition) is 2. The fraction of sp³-hybridized carbons (Fsp3) is 0.364. The molecule has 0 radical (unpaired) electrons. The molecule has 0 aliphatic heterocycles. The first kappa shape index (κ1) is 8.30. The predicted octanol–water partition coefficient (Wildman–Crippen LogP) is 1.80. The molecule has 1 fully saturated rings. The van der Waals surface area contributed by atoms with Crippen LogP contribution in [0.25, 0.3) is 0 Å². The first-order valence-corrected chi connectivity index (χ1v) is 4.46. The molecule has 0 heterocycles. The Morgan fingerprint density at radius 2 is 1.85 bits per heavy atom. The van der Waals surface area contributed by atoms with Gasteiger partial charge in [0.15, 0.2) is 5.75 Å². The van der Waals surface area contributed by atoms with Crippen LogP contribution in [-0.2, 0) is 5.41 Å². The van der Waals surface area contributed by atoms with Crippen molar-refractivity contribution in [2.24, 2.45) is 0 Å². The van der Waals surface area contributed by atoms with Gasteiger partial charge >= 0.3 is 0 Å². The molecule has 68 valence electrons. The molecule has 1 aliphatic rings. The molecular weight excluding hydrogens is 164 g/mol. The van der Waals surface area contributed by atoms with Gasteiger partial charge in [0, 0.05) is 0 Å². The fourth-order valence-electron chi connectivity index (χ4n) is 1.44. The summed E-state index contributed by atoms with van der Waals surface area (Å²) < 4.78 is 0. The van der Waals surface area contributed by atoms with Gasteiger partial charge in [0.05, 0.1) is 0 Å². The van der Waals surface area contributed by atoms with E-state index in [0.717, 1.165) is 5.56 Å². The van der Waals surface area contributed by atoms with Crippen molar-refractivity contribution in [1.29, 1.82) is 0 Å². The lowest BCUT2D eigenvalue weighted by Crippen LogP contribution is -1.97. The minimum atomic E-state index is -0.310. The molecule has 1 aromatic rings. The Morgan fingerprint density at radius 1 is 1.23 bits per heavy atom. The lowest BCUT2D eigenvalue weighted by Gasteiger charge is -2.04. The van der Waals surface area contributed by atoms with E-state index in [-0.39, 0.29) is 16.6 Å². The molecule has 0 aromatic heterocycles. The van der Waals surface area contributed by atoms with E-state index in [1.807, 2.05) is 12.1 Å². The third-order valence-corrected chi connectivity index (χ3v) is 2.78. The van der Waals surface area contributed by atoms with Crippen LogP contribution in [0, 0.1) is 0 Å². The number of aromatic hydroxyl groups is 1. The lowest BCUT2D eigenvalue weighted by molar-refractivity contribution is 0.471. The molecular formula is C11H12O2. The first-order chi connectivity index (χ1) is 6.12. The summed E-state index contributed by atoms with van der Waals surface area (Å²) in [5.74, 6) is -0.171. The maximum absolute atomic E-state index is 11.1. The predicted molar refractivity (Wildman–Crippen MR) is 51.0 cm³/mol. The first-order valence-electron chi connectivity index (χ1n) is 4.46. The minimum Gasteiger partial charge on any atom is -0.504 e. The van der Waals surface area contributed by atoms with Gasteiger partial charge in [-0.3, -0.25) is 4.79 Å². The van der Waals surface area contributed by atoms with Crippen molar-refractivity contribution in [3.05, 3.63) is 40.1 Å². The molecule has 13 heavy (non-hydrogen) atoms. The molecule has 1 N–H and O–H groups in total. The van der Waals surface area contributed by atoms with Crippen molar-refractivity contribution < 1.29 is 5.11 Å². The summed E-state index contributed by atoms with van der Waals surface area (Å²) in [4.78, 5) is 11.1. The van der Waals surface area contributed by atoms with E-state index in [1.165, 1.54) is 25.0 Å². The van der Waals surface area contributed by atoms with Gasteiger partial charge in [-0.15, -0.1) is 0 Å². The van der Waals surface area contributed by atoms with E-state index in [0.29, 0.717) is 0 Å². The second kappa shape index (κ2) is 2.59. The van der Waals surface area contributed by atoms with Gasteiger partial charge in [0.1, 0.15) is 0 Å². The molecule has 0 amide bonds. The van der Waals surface area contributed by atoms with Crippen molar-refractivity contribution in [2.45, 2.75) is 25.2 Å². The van der Waals surface area contributed by atoms with Crippen LogP contribution in [0.3, 0.4) is 0 Å². The second-order valence-corrected chi connectivity index (χ2v) is 3.93. The lowest BCUT2D eigenvalue weighted by atomic mass is 10.0. The van der Waals surface area contributed by atoms with Crippen LogP contribution >= 0.6 is 0 Å². The van der Waals surface area contributed by atoms with Crippen LogP contribution in [-0.4, -0.2) is 5.11 Å². The van der Waals surface area contributed by atoms with Crippen LogP contribution in [0.15, 0.2) is 29.1 Å². The zero-order valence-electron chi connectivity index (χ0n) is 7.58. The largest absolute Gasteiger partial charge is 0.504 e. The molecule has 0 unspecified atom stereocenters. The monoisotopic (exact) mass is 176 g/mol. The highest BCUT2D eigenvalue weighted by Crippen LogP contribution is 2.47. The Morgan fingerprint density at radius 3 is 2.46 bits per heavy atom. The molecule has 0 saturated heterocycles. The van der Waals surface area contributed by atoms with E-state index in [1.54, 1.807) is 0 Å². The van der Waals surface area contributed by atoms with E-state index >= 15 is 0 Å². The van der Waals surface area contributed by atoms with Crippen molar-refractivity contribution in [3.8, 4) is 5.75 Å². The highest BCUT2D eigenvalue weighted by atomic mass is 16.3. The standard InChI is InChI=1S/C11H12O2/c1-11(6-7-11)8-2-4-9(12)10(13)5-3-8/h2-5H,6-7H2,1H3,(H,12,13).